The number of thiophene rings is 1. The number of H-pyrrole nitrogens is 1. The second-order valence-corrected chi connectivity index (χ2v) is 9.06. The van der Waals surface area contributed by atoms with E-state index in [1.165, 1.54) is 23.3 Å². The van der Waals surface area contributed by atoms with E-state index in [-0.39, 0.29) is 11.3 Å². The minimum absolute atomic E-state index is 0.0437. The Bertz CT molecular complexity index is 1450. The zero-order valence-corrected chi connectivity index (χ0v) is 19.3. The molecule has 1 atom stereocenters. The van der Waals surface area contributed by atoms with E-state index in [2.05, 4.69) is 4.98 Å². The molecule has 3 heterocycles. The number of anilines is 1. The normalized spacial score (nSPS) is 17.8. The number of halogens is 1. The van der Waals surface area contributed by atoms with Crippen LogP contribution in [0, 0.1) is 6.92 Å². The number of hydrogen-bond donors (Lipinski definition) is 2. The summed E-state index contributed by atoms with van der Waals surface area (Å²) < 4.78 is 5.22. The summed E-state index contributed by atoms with van der Waals surface area (Å²) in [4.78, 5) is 31.9. The van der Waals surface area contributed by atoms with Crippen LogP contribution in [0.15, 0.2) is 65.7 Å². The van der Waals surface area contributed by atoms with E-state index in [0.29, 0.717) is 22.0 Å². The standard InChI is InChI=1S/C25H19ClN2O4S/c1-13-9-10-33-24(13)21-20(22(29)16-12-27-18-6-4-3-5-15(16)18)23(30)25(31)28(21)14-7-8-19(32-2)17(26)11-14/h3-12,21,27,29H,1-2H3/b22-20+. The van der Waals surface area contributed by atoms with E-state index in [9.17, 15) is 14.7 Å². The van der Waals surface area contributed by atoms with Gasteiger partial charge in [-0.3, -0.25) is 14.5 Å². The molecule has 0 radical (unpaired) electrons. The van der Waals surface area contributed by atoms with Crippen LogP contribution in [0.2, 0.25) is 5.02 Å². The molecular weight excluding hydrogens is 460 g/mol. The number of methoxy groups -OCH3 is 1. The third kappa shape index (κ3) is 3.32. The van der Waals surface area contributed by atoms with E-state index < -0.39 is 17.7 Å². The number of aromatic amines is 1. The van der Waals surface area contributed by atoms with Gasteiger partial charge in [0.1, 0.15) is 17.6 Å². The number of nitrogens with one attached hydrogen (secondary N) is 1. The predicted molar refractivity (Wildman–Crippen MR) is 130 cm³/mol. The van der Waals surface area contributed by atoms with Crippen molar-refractivity contribution in [3.8, 4) is 5.75 Å². The second kappa shape index (κ2) is 8.10. The number of rotatable bonds is 4. The molecule has 8 heteroatoms. The maximum atomic E-state index is 13.3. The summed E-state index contributed by atoms with van der Waals surface area (Å²) in [6.45, 7) is 1.92. The van der Waals surface area contributed by atoms with E-state index in [1.807, 2.05) is 42.6 Å². The number of fused-ring (bicyclic) bond motifs is 1. The molecule has 2 N–H and O–H groups in total. The van der Waals surface area contributed by atoms with Crippen LogP contribution in [0.4, 0.5) is 5.69 Å². The van der Waals surface area contributed by atoms with Crippen molar-refractivity contribution in [2.75, 3.05) is 12.0 Å². The lowest BCUT2D eigenvalue weighted by atomic mass is 9.98. The molecule has 0 spiro atoms. The highest BCUT2D eigenvalue weighted by Gasteiger charge is 2.48. The minimum atomic E-state index is -0.789. The molecule has 33 heavy (non-hydrogen) atoms. The highest BCUT2D eigenvalue weighted by atomic mass is 35.5. The number of para-hydroxylation sites is 1. The molecule has 1 fully saturated rings. The van der Waals surface area contributed by atoms with Crippen LogP contribution in [0.25, 0.3) is 16.7 Å². The first kappa shape index (κ1) is 21.3. The van der Waals surface area contributed by atoms with Gasteiger partial charge in [0, 0.05) is 33.2 Å². The van der Waals surface area contributed by atoms with Crippen LogP contribution in [-0.4, -0.2) is 28.9 Å². The fraction of sp³-hybridized carbons (Fsp3) is 0.120. The maximum Gasteiger partial charge on any atom is 0.300 e. The number of benzene rings is 2. The predicted octanol–water partition coefficient (Wildman–Crippen LogP) is 5.83. The molecule has 1 unspecified atom stereocenters. The lowest BCUT2D eigenvalue weighted by Gasteiger charge is -2.25. The molecular formula is C25H19ClN2O4S. The average Bonchev–Trinajstić information content (AvgIpc) is 3.50. The smallest absolute Gasteiger partial charge is 0.300 e. The number of aromatic nitrogens is 1. The first-order valence-corrected chi connectivity index (χ1v) is 11.4. The third-order valence-electron chi connectivity index (χ3n) is 5.85. The number of aliphatic hydroxyl groups excluding tert-OH is 1. The average molecular weight is 479 g/mol. The van der Waals surface area contributed by atoms with Gasteiger partial charge in [-0.15, -0.1) is 11.3 Å². The molecule has 2 aromatic heterocycles. The van der Waals surface area contributed by atoms with Crippen LogP contribution in [0.5, 0.6) is 5.75 Å². The fourth-order valence-corrected chi connectivity index (χ4v) is 5.51. The topological polar surface area (TPSA) is 82.6 Å². The van der Waals surface area contributed by atoms with E-state index in [4.69, 9.17) is 16.3 Å². The number of amides is 1. The minimum Gasteiger partial charge on any atom is -0.507 e. The molecule has 4 aromatic rings. The van der Waals surface area contributed by atoms with Gasteiger partial charge < -0.3 is 14.8 Å². The van der Waals surface area contributed by atoms with Crippen molar-refractivity contribution in [2.24, 2.45) is 0 Å². The van der Waals surface area contributed by atoms with Gasteiger partial charge in [0.15, 0.2) is 0 Å². The Kier molecular flexibility index (Phi) is 5.23. The summed E-state index contributed by atoms with van der Waals surface area (Å²) in [5, 5.41) is 14.4. The van der Waals surface area contributed by atoms with Crippen molar-refractivity contribution in [3.05, 3.63) is 86.7 Å². The first-order valence-electron chi connectivity index (χ1n) is 10.2. The van der Waals surface area contributed by atoms with Crippen molar-refractivity contribution in [1.82, 2.24) is 4.98 Å². The number of ether oxygens (including phenoxy) is 1. The fourth-order valence-electron chi connectivity index (χ4n) is 4.23. The zero-order valence-electron chi connectivity index (χ0n) is 17.8. The van der Waals surface area contributed by atoms with Crippen molar-refractivity contribution < 1.29 is 19.4 Å². The van der Waals surface area contributed by atoms with Gasteiger partial charge in [-0.25, -0.2) is 0 Å². The first-order chi connectivity index (χ1) is 15.9. The lowest BCUT2D eigenvalue weighted by molar-refractivity contribution is -0.132. The van der Waals surface area contributed by atoms with Crippen LogP contribution >= 0.6 is 22.9 Å². The largest absolute Gasteiger partial charge is 0.507 e. The summed E-state index contributed by atoms with van der Waals surface area (Å²) in [7, 11) is 1.50. The number of nitrogens with zero attached hydrogens (tertiary/aromatic N) is 1. The summed E-state index contributed by atoms with van der Waals surface area (Å²) in [5.74, 6) is -1.23. The Morgan fingerprint density at radius 2 is 1.97 bits per heavy atom. The number of carbonyl (C=O) groups is 2. The Balaban J connectivity index is 1.75. The van der Waals surface area contributed by atoms with Gasteiger partial charge >= 0.3 is 0 Å². The summed E-state index contributed by atoms with van der Waals surface area (Å²) >= 11 is 7.76. The second-order valence-electron chi connectivity index (χ2n) is 7.70. The summed E-state index contributed by atoms with van der Waals surface area (Å²) in [6.07, 6.45) is 1.65. The molecule has 6 nitrogen and oxygen atoms in total. The van der Waals surface area contributed by atoms with Gasteiger partial charge in [-0.1, -0.05) is 29.8 Å². The zero-order chi connectivity index (χ0) is 23.3. The molecule has 1 aliphatic heterocycles. The van der Waals surface area contributed by atoms with Crippen molar-refractivity contribution in [3.63, 3.8) is 0 Å². The monoisotopic (exact) mass is 478 g/mol. The molecule has 0 saturated carbocycles. The van der Waals surface area contributed by atoms with Gasteiger partial charge in [-0.2, -0.15) is 0 Å². The Morgan fingerprint density at radius 1 is 1.18 bits per heavy atom. The van der Waals surface area contributed by atoms with Crippen LogP contribution < -0.4 is 9.64 Å². The summed E-state index contributed by atoms with van der Waals surface area (Å²) in [5.41, 5.74) is 2.69. The SMILES string of the molecule is COc1ccc(N2C(=O)C(=O)/C(=C(/O)c3c[nH]c4ccccc34)C2c2sccc2C)cc1Cl. The number of carbonyl (C=O) groups excluding carboxylic acids is 2. The van der Waals surface area contributed by atoms with Crippen LogP contribution in [0.1, 0.15) is 22.0 Å². The Morgan fingerprint density at radius 3 is 2.67 bits per heavy atom. The quantitative estimate of drug-likeness (QED) is 0.220. The van der Waals surface area contributed by atoms with Gasteiger partial charge in [0.25, 0.3) is 11.7 Å². The molecule has 1 saturated heterocycles. The van der Waals surface area contributed by atoms with Gasteiger partial charge in [0.2, 0.25) is 0 Å². The van der Waals surface area contributed by atoms with Crippen molar-refractivity contribution in [2.45, 2.75) is 13.0 Å². The molecule has 0 bridgehead atoms. The third-order valence-corrected chi connectivity index (χ3v) is 7.22. The molecule has 1 amide bonds. The Hall–Kier alpha value is -3.55. The van der Waals surface area contributed by atoms with Crippen LogP contribution in [-0.2, 0) is 9.59 Å². The molecule has 166 valence electrons. The van der Waals surface area contributed by atoms with E-state index >= 15 is 0 Å². The molecule has 1 aliphatic rings. The number of aryl methyl sites for hydroxylation is 1. The molecule has 5 rings (SSSR count). The lowest BCUT2D eigenvalue weighted by Crippen LogP contribution is -2.29. The summed E-state index contributed by atoms with van der Waals surface area (Å²) in [6, 6.07) is 13.5. The van der Waals surface area contributed by atoms with Crippen LogP contribution in [0.3, 0.4) is 0 Å². The number of aliphatic hydroxyl groups is 1. The van der Waals surface area contributed by atoms with Gasteiger partial charge in [-0.05, 0) is 48.2 Å². The van der Waals surface area contributed by atoms with Crippen molar-refractivity contribution in [1.29, 1.82) is 0 Å². The maximum absolute atomic E-state index is 13.3. The van der Waals surface area contributed by atoms with Crippen molar-refractivity contribution >= 4 is 57.0 Å². The number of hydrogen-bond acceptors (Lipinski definition) is 5. The number of Topliss-reactive ketones (excluding diaryl/α,β-unsaturated/α-hetero) is 1. The Labute approximate surface area is 198 Å². The van der Waals surface area contributed by atoms with E-state index in [1.54, 1.807) is 24.4 Å². The number of ketones is 1. The highest BCUT2D eigenvalue weighted by Crippen LogP contribution is 2.46. The highest BCUT2D eigenvalue weighted by molar-refractivity contribution is 7.10. The van der Waals surface area contributed by atoms with Gasteiger partial charge in [0.05, 0.1) is 17.7 Å². The molecule has 0 aliphatic carbocycles. The van der Waals surface area contributed by atoms with E-state index in [0.717, 1.165) is 21.3 Å². The molecule has 2 aromatic carbocycles.